The second-order valence-corrected chi connectivity index (χ2v) is 8.84. The third-order valence-corrected chi connectivity index (χ3v) is 6.51. The van der Waals surface area contributed by atoms with E-state index in [-0.39, 0.29) is 0 Å². The van der Waals surface area contributed by atoms with E-state index in [1.165, 1.54) is 0 Å². The monoisotopic (exact) mass is 494 g/mol. The van der Waals surface area contributed by atoms with Crippen molar-refractivity contribution < 1.29 is 9.53 Å². The smallest absolute Gasteiger partial charge is 0.249 e. The minimum Gasteiger partial charge on any atom is -0.496 e. The second kappa shape index (κ2) is 11.4. The number of nitriles is 1. The zero-order chi connectivity index (χ0) is 26.4. The Morgan fingerprint density at radius 1 is 1.11 bits per heavy atom. The molecule has 0 aliphatic carbocycles. The van der Waals surface area contributed by atoms with Crippen molar-refractivity contribution in [2.24, 2.45) is 12.8 Å². The Kier molecular flexibility index (Phi) is 7.84. The molecule has 2 N–H and O–H groups in total. The van der Waals surface area contributed by atoms with Gasteiger partial charge in [0.1, 0.15) is 23.5 Å². The van der Waals surface area contributed by atoms with Crippen LogP contribution < -0.4 is 15.4 Å². The van der Waals surface area contributed by atoms with Gasteiger partial charge in [0.25, 0.3) is 0 Å². The van der Waals surface area contributed by atoms with Gasteiger partial charge in [-0.3, -0.25) is 4.79 Å². The van der Waals surface area contributed by atoms with Gasteiger partial charge in [-0.15, -0.1) is 0 Å². The molecule has 0 atom stereocenters. The Morgan fingerprint density at radius 3 is 2.57 bits per heavy atom. The molecule has 0 saturated heterocycles. The van der Waals surface area contributed by atoms with E-state index in [1.54, 1.807) is 31.5 Å². The van der Waals surface area contributed by atoms with E-state index in [9.17, 15) is 4.79 Å². The fourth-order valence-corrected chi connectivity index (χ4v) is 4.33. The SMILES string of the molecule is COc1cc(CCCN(Cc2cnc(C)n2C)c2ccc(C#N)cn2)ccc1-c1ccccc1C(N)=O. The number of ether oxygens (including phenoxy) is 1. The molecule has 4 aromatic rings. The fourth-order valence-electron chi connectivity index (χ4n) is 4.33. The van der Waals surface area contributed by atoms with E-state index < -0.39 is 5.91 Å². The first-order valence-corrected chi connectivity index (χ1v) is 12.1. The van der Waals surface area contributed by atoms with Crippen molar-refractivity contribution in [2.45, 2.75) is 26.3 Å². The number of pyridine rings is 1. The Bertz CT molecular complexity index is 1440. The zero-order valence-corrected chi connectivity index (χ0v) is 21.3. The molecule has 0 spiro atoms. The van der Waals surface area contributed by atoms with Crippen LogP contribution in [0, 0.1) is 18.3 Å². The van der Waals surface area contributed by atoms with Crippen LogP contribution in [0.25, 0.3) is 11.1 Å². The molecule has 0 fully saturated rings. The predicted octanol–water partition coefficient (Wildman–Crippen LogP) is 4.41. The topological polar surface area (TPSA) is 110 Å². The van der Waals surface area contributed by atoms with Crippen molar-refractivity contribution in [3.63, 3.8) is 0 Å². The Morgan fingerprint density at radius 2 is 1.92 bits per heavy atom. The van der Waals surface area contributed by atoms with E-state index >= 15 is 0 Å². The van der Waals surface area contributed by atoms with E-state index in [1.807, 2.05) is 50.5 Å². The van der Waals surface area contributed by atoms with Gasteiger partial charge in [-0.25, -0.2) is 9.97 Å². The largest absolute Gasteiger partial charge is 0.496 e. The van der Waals surface area contributed by atoms with E-state index in [2.05, 4.69) is 31.6 Å². The summed E-state index contributed by atoms with van der Waals surface area (Å²) < 4.78 is 7.75. The number of amides is 1. The lowest BCUT2D eigenvalue weighted by Crippen LogP contribution is -2.26. The fraction of sp³-hybridized carbons (Fsp3) is 0.241. The summed E-state index contributed by atoms with van der Waals surface area (Å²) in [5.41, 5.74) is 10.4. The van der Waals surface area contributed by atoms with Crippen molar-refractivity contribution in [1.29, 1.82) is 5.26 Å². The number of rotatable bonds is 10. The number of nitrogens with zero attached hydrogens (tertiary/aromatic N) is 5. The van der Waals surface area contributed by atoms with Gasteiger partial charge in [0.05, 0.1) is 31.1 Å². The molecule has 0 aliphatic heterocycles. The number of benzene rings is 2. The zero-order valence-electron chi connectivity index (χ0n) is 21.3. The van der Waals surface area contributed by atoms with Gasteiger partial charge in [-0.05, 0) is 55.2 Å². The number of primary amides is 1. The lowest BCUT2D eigenvalue weighted by atomic mass is 9.96. The molecule has 0 unspecified atom stereocenters. The molecule has 4 rings (SSSR count). The molecule has 188 valence electrons. The van der Waals surface area contributed by atoms with Crippen molar-refractivity contribution in [2.75, 3.05) is 18.6 Å². The highest BCUT2D eigenvalue weighted by Gasteiger charge is 2.15. The van der Waals surface area contributed by atoms with Gasteiger partial charge in [-0.1, -0.05) is 30.3 Å². The molecule has 0 radical (unpaired) electrons. The normalized spacial score (nSPS) is 10.6. The van der Waals surface area contributed by atoms with Gasteiger partial charge in [0.15, 0.2) is 0 Å². The summed E-state index contributed by atoms with van der Waals surface area (Å²) in [5, 5.41) is 9.14. The quantitative estimate of drug-likeness (QED) is 0.350. The maximum Gasteiger partial charge on any atom is 0.249 e. The molecule has 37 heavy (non-hydrogen) atoms. The maximum absolute atomic E-state index is 11.9. The number of aromatic nitrogens is 3. The summed E-state index contributed by atoms with van der Waals surface area (Å²) in [4.78, 5) is 23.1. The third-order valence-electron chi connectivity index (χ3n) is 6.51. The number of imidazole rings is 1. The Hall–Kier alpha value is -4.64. The molecule has 2 heterocycles. The van der Waals surface area contributed by atoms with Crippen LogP contribution >= 0.6 is 0 Å². The summed E-state index contributed by atoms with van der Waals surface area (Å²) in [6.07, 6.45) is 5.19. The van der Waals surface area contributed by atoms with Crippen molar-refractivity contribution >= 4 is 11.7 Å². The number of hydrogen-bond donors (Lipinski definition) is 1. The molecule has 8 heteroatoms. The first-order chi connectivity index (χ1) is 17.9. The summed E-state index contributed by atoms with van der Waals surface area (Å²) in [6.45, 7) is 3.40. The summed E-state index contributed by atoms with van der Waals surface area (Å²) in [5.74, 6) is 1.99. The van der Waals surface area contributed by atoms with Gasteiger partial charge in [0, 0.05) is 30.9 Å². The lowest BCUT2D eigenvalue weighted by molar-refractivity contribution is 0.100. The van der Waals surface area contributed by atoms with Crippen LogP contribution in [0.4, 0.5) is 5.82 Å². The molecule has 1 amide bonds. The number of aryl methyl sites for hydroxylation is 2. The molecule has 2 aromatic heterocycles. The highest BCUT2D eigenvalue weighted by Crippen LogP contribution is 2.33. The number of carbonyl (C=O) groups excluding carboxylic acids is 1. The molecular weight excluding hydrogens is 464 g/mol. The van der Waals surface area contributed by atoms with Crippen molar-refractivity contribution in [3.8, 4) is 22.9 Å². The van der Waals surface area contributed by atoms with Gasteiger partial charge >= 0.3 is 0 Å². The molecule has 0 aliphatic rings. The number of anilines is 1. The summed E-state index contributed by atoms with van der Waals surface area (Å²) >= 11 is 0. The average Bonchev–Trinajstić information content (AvgIpc) is 3.24. The average molecular weight is 495 g/mol. The van der Waals surface area contributed by atoms with E-state index in [4.69, 9.17) is 15.7 Å². The molecule has 2 aromatic carbocycles. The molecule has 0 bridgehead atoms. The van der Waals surface area contributed by atoms with Crippen molar-refractivity contribution in [3.05, 3.63) is 95.2 Å². The molecular formula is C29H30N6O2. The summed E-state index contributed by atoms with van der Waals surface area (Å²) in [7, 11) is 3.63. The molecule has 8 nitrogen and oxygen atoms in total. The van der Waals surface area contributed by atoms with Gasteiger partial charge in [-0.2, -0.15) is 5.26 Å². The lowest BCUT2D eigenvalue weighted by Gasteiger charge is -2.24. The van der Waals surface area contributed by atoms with Crippen LogP contribution in [0.3, 0.4) is 0 Å². The number of carbonyl (C=O) groups is 1. The van der Waals surface area contributed by atoms with Gasteiger partial charge < -0.3 is 19.9 Å². The van der Waals surface area contributed by atoms with Crippen LogP contribution in [-0.2, 0) is 20.0 Å². The second-order valence-electron chi connectivity index (χ2n) is 8.84. The minimum absolute atomic E-state index is 0.463. The first kappa shape index (κ1) is 25.5. The van der Waals surface area contributed by atoms with Crippen LogP contribution in [0.2, 0.25) is 0 Å². The van der Waals surface area contributed by atoms with E-state index in [0.717, 1.165) is 53.4 Å². The van der Waals surface area contributed by atoms with Crippen LogP contribution in [0.15, 0.2) is 67.0 Å². The molecule has 0 saturated carbocycles. The predicted molar refractivity (Wildman–Crippen MR) is 143 cm³/mol. The minimum atomic E-state index is -0.471. The highest BCUT2D eigenvalue weighted by atomic mass is 16.5. The standard InChI is InChI=1S/C29H30N6O2/c1-20-32-18-23(34(20)2)19-35(28-13-11-22(16-30)17-33-28)14-6-7-21-10-12-25(27(15-21)37-3)24-8-4-5-9-26(24)29(31)36/h4-5,8-13,15,17-18H,6-7,14,19H2,1-3H3,(H2,31,36). The van der Waals surface area contributed by atoms with E-state index in [0.29, 0.717) is 23.4 Å². The van der Waals surface area contributed by atoms with Gasteiger partial charge in [0.2, 0.25) is 5.91 Å². The Balaban J connectivity index is 1.52. The maximum atomic E-state index is 11.9. The van der Waals surface area contributed by atoms with Crippen LogP contribution in [-0.4, -0.2) is 34.1 Å². The number of methoxy groups -OCH3 is 1. The first-order valence-electron chi connectivity index (χ1n) is 12.1. The third kappa shape index (κ3) is 5.78. The highest BCUT2D eigenvalue weighted by molar-refractivity contribution is 6.00. The number of hydrogen-bond acceptors (Lipinski definition) is 6. The van der Waals surface area contributed by atoms with Crippen LogP contribution in [0.1, 0.15) is 39.4 Å². The number of nitrogens with two attached hydrogens (primary N) is 1. The van der Waals surface area contributed by atoms with Crippen LogP contribution in [0.5, 0.6) is 5.75 Å². The summed E-state index contributed by atoms with van der Waals surface area (Å²) in [6, 6.07) is 19.1. The Labute approximate surface area is 217 Å². The van der Waals surface area contributed by atoms with Crippen molar-refractivity contribution in [1.82, 2.24) is 14.5 Å².